The summed E-state index contributed by atoms with van der Waals surface area (Å²) in [6.45, 7) is 10.6. The van der Waals surface area contributed by atoms with Crippen molar-refractivity contribution in [2.45, 2.75) is 58.3 Å². The molecule has 0 aromatic heterocycles. The molecular weight excluding hydrogens is 674 g/mol. The summed E-state index contributed by atoms with van der Waals surface area (Å²) in [6.07, 6.45) is 16.0. The van der Waals surface area contributed by atoms with Gasteiger partial charge >= 0.3 is 17.9 Å². The first-order valence-electron chi connectivity index (χ1n) is 17.7. The molecule has 0 saturated heterocycles. The Kier molecular flexibility index (Phi) is 19.0. The number of esters is 3. The number of aryl methyl sites for hydroxylation is 1. The Bertz CT molecular complexity index is 1690. The van der Waals surface area contributed by atoms with E-state index in [1.54, 1.807) is 36.4 Å². The van der Waals surface area contributed by atoms with Crippen LogP contribution in [0.5, 0.6) is 23.0 Å². The fourth-order valence-corrected chi connectivity index (χ4v) is 4.75. The third kappa shape index (κ3) is 17.7. The first-order valence-corrected chi connectivity index (χ1v) is 17.7. The minimum Gasteiger partial charge on any atom is -0.494 e. The molecule has 0 saturated carbocycles. The summed E-state index contributed by atoms with van der Waals surface area (Å²) in [5.41, 5.74) is 2.42. The van der Waals surface area contributed by atoms with E-state index in [0.717, 1.165) is 80.1 Å². The van der Waals surface area contributed by atoms with E-state index in [1.165, 1.54) is 12.2 Å². The van der Waals surface area contributed by atoms with E-state index >= 15 is 0 Å². The van der Waals surface area contributed by atoms with Crippen molar-refractivity contribution in [1.82, 2.24) is 0 Å². The SMILES string of the molecule is C=CC(=O)OCCCCCCOc1ccc(/C=C/C(=N)Oc2ccc(OC(=O)/C=C/c3ccc(OCCCCCCOC(=O)C=C)cc3)cc2C)cc1. The molecule has 0 aliphatic heterocycles. The van der Waals surface area contributed by atoms with Gasteiger partial charge in [-0.2, -0.15) is 0 Å². The number of carbonyl (C=O) groups excluding carboxylic acids is 3. The Labute approximate surface area is 312 Å². The van der Waals surface area contributed by atoms with Gasteiger partial charge in [-0.1, -0.05) is 37.4 Å². The zero-order valence-corrected chi connectivity index (χ0v) is 30.4. The van der Waals surface area contributed by atoms with Crippen LogP contribution in [0.2, 0.25) is 0 Å². The standard InChI is InChI=1S/C43H49NO9/c1-4-41(45)50-30-12-8-6-10-28-48-36-20-14-34(15-21-36)18-26-40(44)53-39-25-24-38(32-33(39)3)52-43(47)27-19-35-16-22-37(23-17-35)49-29-11-7-9-13-31-51-42(46)5-2/h4-5,14-27,32,44H,1-2,6-13,28-31H2,3H3/b26-18+,27-19+,44-40?. The molecule has 1 N–H and O–H groups in total. The molecule has 0 radical (unpaired) electrons. The Hall–Kier alpha value is -5.90. The molecular formula is C43H49NO9. The lowest BCUT2D eigenvalue weighted by Crippen LogP contribution is -2.06. The molecule has 10 nitrogen and oxygen atoms in total. The molecule has 53 heavy (non-hydrogen) atoms. The normalized spacial score (nSPS) is 10.8. The minimum atomic E-state index is -0.523. The molecule has 3 rings (SSSR count). The van der Waals surface area contributed by atoms with E-state index in [-0.39, 0.29) is 5.90 Å². The van der Waals surface area contributed by atoms with Crippen molar-refractivity contribution in [2.75, 3.05) is 26.4 Å². The van der Waals surface area contributed by atoms with Gasteiger partial charge in [0.05, 0.1) is 26.4 Å². The molecule has 0 aliphatic rings. The molecule has 0 unspecified atom stereocenters. The van der Waals surface area contributed by atoms with Crippen molar-refractivity contribution in [1.29, 1.82) is 5.41 Å². The van der Waals surface area contributed by atoms with Crippen LogP contribution in [0.3, 0.4) is 0 Å². The molecule has 0 spiro atoms. The molecule has 0 heterocycles. The quantitative estimate of drug-likeness (QED) is 0.0240. The number of hydrogen-bond acceptors (Lipinski definition) is 10. The summed E-state index contributed by atoms with van der Waals surface area (Å²) in [5.74, 6) is 0.999. The first kappa shape index (κ1) is 41.5. The van der Waals surface area contributed by atoms with Crippen LogP contribution < -0.4 is 18.9 Å². The second kappa shape index (κ2) is 24.3. The van der Waals surface area contributed by atoms with Gasteiger partial charge in [0.25, 0.3) is 0 Å². The van der Waals surface area contributed by atoms with E-state index in [9.17, 15) is 14.4 Å². The second-order valence-electron chi connectivity index (χ2n) is 11.9. The highest BCUT2D eigenvalue weighted by Gasteiger charge is 2.07. The average molecular weight is 724 g/mol. The van der Waals surface area contributed by atoms with Gasteiger partial charge in [-0.05, 0) is 130 Å². The van der Waals surface area contributed by atoms with E-state index < -0.39 is 17.9 Å². The lowest BCUT2D eigenvalue weighted by molar-refractivity contribution is -0.138. The summed E-state index contributed by atoms with van der Waals surface area (Å²) < 4.78 is 32.7. The Morgan fingerprint density at radius 3 is 1.49 bits per heavy atom. The van der Waals surface area contributed by atoms with E-state index in [1.807, 2.05) is 55.5 Å². The van der Waals surface area contributed by atoms with Crippen molar-refractivity contribution >= 4 is 36.0 Å². The first-order chi connectivity index (χ1) is 25.7. The average Bonchev–Trinajstić information content (AvgIpc) is 3.17. The van der Waals surface area contributed by atoms with Gasteiger partial charge in [-0.3, -0.25) is 5.41 Å². The maximum absolute atomic E-state index is 12.5. The van der Waals surface area contributed by atoms with E-state index in [0.29, 0.717) is 43.5 Å². The van der Waals surface area contributed by atoms with Crippen LogP contribution in [-0.2, 0) is 23.9 Å². The van der Waals surface area contributed by atoms with Gasteiger partial charge in [-0.15, -0.1) is 0 Å². The molecule has 3 aromatic rings. The third-order valence-corrected chi connectivity index (χ3v) is 7.62. The highest BCUT2D eigenvalue weighted by Crippen LogP contribution is 2.24. The lowest BCUT2D eigenvalue weighted by atomic mass is 10.2. The largest absolute Gasteiger partial charge is 0.494 e. The van der Waals surface area contributed by atoms with Gasteiger partial charge in [0.1, 0.15) is 23.0 Å². The fraction of sp³-hybridized carbons (Fsp3) is 0.302. The van der Waals surface area contributed by atoms with Crippen LogP contribution in [0.4, 0.5) is 0 Å². The number of unbranched alkanes of at least 4 members (excludes halogenated alkanes) is 6. The van der Waals surface area contributed by atoms with Crippen molar-refractivity contribution in [3.63, 3.8) is 0 Å². The van der Waals surface area contributed by atoms with Gasteiger partial charge in [0.15, 0.2) is 0 Å². The summed E-state index contributed by atoms with van der Waals surface area (Å²) in [6, 6.07) is 19.9. The Morgan fingerprint density at radius 2 is 1.02 bits per heavy atom. The van der Waals surface area contributed by atoms with Crippen molar-refractivity contribution in [2.24, 2.45) is 0 Å². The third-order valence-electron chi connectivity index (χ3n) is 7.62. The number of ether oxygens (including phenoxy) is 6. The predicted molar refractivity (Wildman–Crippen MR) is 206 cm³/mol. The number of carbonyl (C=O) groups is 3. The second-order valence-corrected chi connectivity index (χ2v) is 11.9. The molecule has 0 aliphatic carbocycles. The van der Waals surface area contributed by atoms with Crippen molar-refractivity contribution in [3.05, 3.63) is 121 Å². The highest BCUT2D eigenvalue weighted by atomic mass is 16.5. The van der Waals surface area contributed by atoms with Crippen LogP contribution in [-0.4, -0.2) is 50.2 Å². The maximum atomic E-state index is 12.5. The molecule has 3 aromatic carbocycles. The number of benzene rings is 3. The molecule has 0 bridgehead atoms. The van der Waals surface area contributed by atoms with Crippen LogP contribution in [0, 0.1) is 12.3 Å². The molecule has 0 atom stereocenters. The number of hydrogen-bond donors (Lipinski definition) is 1. The van der Waals surface area contributed by atoms with Crippen LogP contribution in [0.15, 0.2) is 104 Å². The topological polar surface area (TPSA) is 130 Å². The number of rotatable bonds is 24. The summed E-state index contributed by atoms with van der Waals surface area (Å²) in [7, 11) is 0. The maximum Gasteiger partial charge on any atom is 0.336 e. The smallest absolute Gasteiger partial charge is 0.336 e. The summed E-state index contributed by atoms with van der Waals surface area (Å²) in [5, 5.41) is 8.24. The van der Waals surface area contributed by atoms with E-state index in [2.05, 4.69) is 13.2 Å². The summed E-state index contributed by atoms with van der Waals surface area (Å²) in [4.78, 5) is 34.5. The zero-order valence-electron chi connectivity index (χ0n) is 30.4. The lowest BCUT2D eigenvalue weighted by Gasteiger charge is -2.09. The van der Waals surface area contributed by atoms with Crippen molar-refractivity contribution in [3.8, 4) is 23.0 Å². The van der Waals surface area contributed by atoms with Crippen LogP contribution in [0.25, 0.3) is 12.2 Å². The Balaban J connectivity index is 1.32. The molecule has 10 heteroatoms. The minimum absolute atomic E-state index is 0.0440. The zero-order chi connectivity index (χ0) is 38.1. The van der Waals surface area contributed by atoms with E-state index in [4.69, 9.17) is 33.8 Å². The van der Waals surface area contributed by atoms with Crippen LogP contribution in [0.1, 0.15) is 68.1 Å². The number of nitrogens with one attached hydrogen (secondary N) is 1. The van der Waals surface area contributed by atoms with Gasteiger partial charge in [0.2, 0.25) is 5.90 Å². The molecule has 0 amide bonds. The van der Waals surface area contributed by atoms with Gasteiger partial charge in [0, 0.05) is 24.3 Å². The van der Waals surface area contributed by atoms with Crippen molar-refractivity contribution < 1.29 is 42.8 Å². The molecule has 280 valence electrons. The predicted octanol–water partition coefficient (Wildman–Crippen LogP) is 9.02. The highest BCUT2D eigenvalue weighted by molar-refractivity contribution is 5.91. The molecule has 0 fully saturated rings. The van der Waals surface area contributed by atoms with Crippen LogP contribution >= 0.6 is 0 Å². The monoisotopic (exact) mass is 723 g/mol. The Morgan fingerprint density at radius 1 is 0.566 bits per heavy atom. The van der Waals surface area contributed by atoms with Gasteiger partial charge < -0.3 is 28.4 Å². The fourth-order valence-electron chi connectivity index (χ4n) is 4.75. The summed E-state index contributed by atoms with van der Waals surface area (Å²) >= 11 is 0. The van der Waals surface area contributed by atoms with Gasteiger partial charge in [-0.25, -0.2) is 14.4 Å².